The van der Waals surface area contributed by atoms with Crippen molar-refractivity contribution in [3.05, 3.63) is 65.2 Å². The summed E-state index contributed by atoms with van der Waals surface area (Å²) < 4.78 is 5.08. The first-order valence-electron chi connectivity index (χ1n) is 9.33. The van der Waals surface area contributed by atoms with E-state index in [-0.39, 0.29) is 18.4 Å². The van der Waals surface area contributed by atoms with Crippen molar-refractivity contribution < 1.29 is 19.1 Å². The number of alkyl carbamates (subject to hydrolysis) is 1. The smallest absolute Gasteiger partial charge is 0.408 e. The van der Waals surface area contributed by atoms with Gasteiger partial charge >= 0.3 is 6.09 Å². The number of aryl methyl sites for hydroxylation is 1. The Morgan fingerprint density at radius 1 is 0.931 bits per heavy atom. The Kier molecular flexibility index (Phi) is 7.36. The highest BCUT2D eigenvalue weighted by atomic mass is 16.6. The van der Waals surface area contributed by atoms with Gasteiger partial charge in [0.05, 0.1) is 0 Å². The van der Waals surface area contributed by atoms with Crippen molar-refractivity contribution in [3.63, 3.8) is 0 Å². The van der Waals surface area contributed by atoms with E-state index in [2.05, 4.69) is 16.0 Å². The number of carbonyl (C=O) groups excluding carboxylic acids is 3. The van der Waals surface area contributed by atoms with Crippen LogP contribution < -0.4 is 16.0 Å². The van der Waals surface area contributed by atoms with Gasteiger partial charge in [0.15, 0.2) is 0 Å². The molecule has 154 valence electrons. The molecule has 2 rings (SSSR count). The predicted octanol–water partition coefficient (Wildman–Crippen LogP) is 3.39. The van der Waals surface area contributed by atoms with Crippen molar-refractivity contribution in [3.8, 4) is 0 Å². The predicted molar refractivity (Wildman–Crippen MR) is 112 cm³/mol. The molecular weight excluding hydrogens is 370 g/mol. The number of carbonyl (C=O) groups is 3. The van der Waals surface area contributed by atoms with E-state index < -0.39 is 11.7 Å². The number of rotatable bonds is 6. The van der Waals surface area contributed by atoms with E-state index in [1.54, 1.807) is 39.0 Å². The third-order valence-electron chi connectivity index (χ3n) is 3.87. The van der Waals surface area contributed by atoms with Gasteiger partial charge in [-0.3, -0.25) is 9.59 Å². The van der Waals surface area contributed by atoms with Gasteiger partial charge in [0.2, 0.25) is 5.91 Å². The Morgan fingerprint density at radius 2 is 1.59 bits per heavy atom. The van der Waals surface area contributed by atoms with Gasteiger partial charge in [-0.05, 0) is 57.0 Å². The molecule has 0 spiro atoms. The first kappa shape index (κ1) is 21.9. The summed E-state index contributed by atoms with van der Waals surface area (Å²) in [6.07, 6.45) is -0.646. The Labute approximate surface area is 170 Å². The summed E-state index contributed by atoms with van der Waals surface area (Å²) in [4.78, 5) is 35.7. The summed E-state index contributed by atoms with van der Waals surface area (Å²) in [5, 5.41) is 7.97. The van der Waals surface area contributed by atoms with Gasteiger partial charge in [-0.25, -0.2) is 4.79 Å². The maximum absolute atomic E-state index is 12.3. The monoisotopic (exact) mass is 397 g/mol. The van der Waals surface area contributed by atoms with Gasteiger partial charge < -0.3 is 20.7 Å². The van der Waals surface area contributed by atoms with Crippen LogP contribution in [0.15, 0.2) is 48.5 Å². The second-order valence-corrected chi connectivity index (χ2v) is 7.60. The Balaban J connectivity index is 1.79. The number of anilines is 1. The van der Waals surface area contributed by atoms with E-state index >= 15 is 0 Å². The van der Waals surface area contributed by atoms with Gasteiger partial charge in [-0.2, -0.15) is 0 Å². The lowest BCUT2D eigenvalue weighted by molar-refractivity contribution is -0.115. The second-order valence-electron chi connectivity index (χ2n) is 7.60. The number of nitrogens with one attached hydrogen (secondary N) is 3. The molecule has 0 heterocycles. The Bertz CT molecular complexity index is 870. The standard InChI is InChI=1S/C22H27N3O4/c1-15-7-5-6-8-18(15)20(27)23-13-16-9-11-17(12-10-16)25-19(26)14-24-21(28)29-22(2,3)4/h5-12H,13-14H2,1-4H3,(H,23,27)(H,24,28)(H,25,26). The maximum atomic E-state index is 12.3. The number of amides is 3. The lowest BCUT2D eigenvalue weighted by atomic mass is 10.1. The van der Waals surface area contributed by atoms with E-state index in [0.717, 1.165) is 11.1 Å². The summed E-state index contributed by atoms with van der Waals surface area (Å²) >= 11 is 0. The molecule has 2 aromatic carbocycles. The third kappa shape index (κ3) is 7.65. The number of ether oxygens (including phenoxy) is 1. The molecule has 7 nitrogen and oxygen atoms in total. The van der Waals surface area contributed by atoms with Crippen LogP contribution in [-0.4, -0.2) is 30.1 Å². The fourth-order valence-corrected chi connectivity index (χ4v) is 2.48. The van der Waals surface area contributed by atoms with Crippen LogP contribution >= 0.6 is 0 Å². The molecule has 7 heteroatoms. The fraction of sp³-hybridized carbons (Fsp3) is 0.318. The number of benzene rings is 2. The first-order chi connectivity index (χ1) is 13.6. The summed E-state index contributed by atoms with van der Waals surface area (Å²) in [6.45, 7) is 7.32. The van der Waals surface area contributed by atoms with E-state index in [4.69, 9.17) is 4.74 Å². The molecule has 0 saturated heterocycles. The zero-order valence-electron chi connectivity index (χ0n) is 17.2. The molecule has 3 amide bonds. The van der Waals surface area contributed by atoms with Crippen LogP contribution in [0.25, 0.3) is 0 Å². The molecule has 29 heavy (non-hydrogen) atoms. The van der Waals surface area contributed by atoms with Crippen LogP contribution in [0.5, 0.6) is 0 Å². The normalized spacial score (nSPS) is 10.8. The van der Waals surface area contributed by atoms with Crippen molar-refractivity contribution in [2.24, 2.45) is 0 Å². The largest absolute Gasteiger partial charge is 0.444 e. The quantitative estimate of drug-likeness (QED) is 0.696. The van der Waals surface area contributed by atoms with E-state index in [9.17, 15) is 14.4 Å². The van der Waals surface area contributed by atoms with Crippen LogP contribution in [0.1, 0.15) is 42.3 Å². The first-order valence-corrected chi connectivity index (χ1v) is 9.33. The van der Waals surface area contributed by atoms with Crippen molar-refractivity contribution >= 4 is 23.6 Å². The van der Waals surface area contributed by atoms with Gasteiger partial charge in [-0.1, -0.05) is 30.3 Å². The maximum Gasteiger partial charge on any atom is 0.408 e. The highest BCUT2D eigenvalue weighted by Crippen LogP contribution is 2.11. The molecule has 0 unspecified atom stereocenters. The van der Waals surface area contributed by atoms with Gasteiger partial charge in [0.1, 0.15) is 12.1 Å². The molecule has 2 aromatic rings. The van der Waals surface area contributed by atoms with Crippen molar-refractivity contribution in [2.75, 3.05) is 11.9 Å². The minimum atomic E-state index is -0.646. The molecule has 0 aliphatic heterocycles. The molecule has 0 atom stereocenters. The van der Waals surface area contributed by atoms with Crippen molar-refractivity contribution in [2.45, 2.75) is 39.8 Å². The molecule has 0 aliphatic carbocycles. The average molecular weight is 397 g/mol. The van der Waals surface area contributed by atoms with E-state index in [0.29, 0.717) is 17.8 Å². The molecule has 0 aromatic heterocycles. The van der Waals surface area contributed by atoms with Crippen molar-refractivity contribution in [1.82, 2.24) is 10.6 Å². The molecule has 0 fully saturated rings. The van der Waals surface area contributed by atoms with E-state index in [1.165, 1.54) is 0 Å². The molecule has 3 N–H and O–H groups in total. The SMILES string of the molecule is Cc1ccccc1C(=O)NCc1ccc(NC(=O)CNC(=O)OC(C)(C)C)cc1. The lowest BCUT2D eigenvalue weighted by Crippen LogP contribution is -2.37. The fourth-order valence-electron chi connectivity index (χ4n) is 2.48. The molecule has 0 radical (unpaired) electrons. The zero-order valence-corrected chi connectivity index (χ0v) is 17.2. The third-order valence-corrected chi connectivity index (χ3v) is 3.87. The molecule has 0 bridgehead atoms. The highest BCUT2D eigenvalue weighted by Gasteiger charge is 2.16. The number of hydrogen-bond acceptors (Lipinski definition) is 4. The summed E-state index contributed by atoms with van der Waals surface area (Å²) in [5.74, 6) is -0.495. The Hall–Kier alpha value is -3.35. The summed E-state index contributed by atoms with van der Waals surface area (Å²) in [6, 6.07) is 14.5. The highest BCUT2D eigenvalue weighted by molar-refractivity contribution is 5.95. The van der Waals surface area contributed by atoms with Gasteiger partial charge in [0, 0.05) is 17.8 Å². The van der Waals surface area contributed by atoms with Crippen LogP contribution in [-0.2, 0) is 16.1 Å². The van der Waals surface area contributed by atoms with E-state index in [1.807, 2.05) is 37.3 Å². The average Bonchev–Trinajstić information content (AvgIpc) is 2.64. The van der Waals surface area contributed by atoms with Crippen LogP contribution in [0.2, 0.25) is 0 Å². The zero-order chi connectivity index (χ0) is 21.4. The van der Waals surface area contributed by atoms with Gasteiger partial charge in [0.25, 0.3) is 5.91 Å². The lowest BCUT2D eigenvalue weighted by Gasteiger charge is -2.19. The number of hydrogen-bond donors (Lipinski definition) is 3. The van der Waals surface area contributed by atoms with Crippen LogP contribution in [0.3, 0.4) is 0 Å². The molecule has 0 aliphatic rings. The molecular formula is C22H27N3O4. The van der Waals surface area contributed by atoms with Crippen LogP contribution in [0, 0.1) is 6.92 Å². The minimum absolute atomic E-state index is 0.131. The van der Waals surface area contributed by atoms with Crippen molar-refractivity contribution in [1.29, 1.82) is 0 Å². The summed E-state index contributed by atoms with van der Waals surface area (Å²) in [7, 11) is 0. The molecule has 0 saturated carbocycles. The summed E-state index contributed by atoms with van der Waals surface area (Å²) in [5.41, 5.74) is 2.44. The topological polar surface area (TPSA) is 96.5 Å². The van der Waals surface area contributed by atoms with Crippen LogP contribution in [0.4, 0.5) is 10.5 Å². The second kappa shape index (κ2) is 9.73. The Morgan fingerprint density at radius 3 is 2.21 bits per heavy atom. The minimum Gasteiger partial charge on any atom is -0.444 e. The van der Waals surface area contributed by atoms with Gasteiger partial charge in [-0.15, -0.1) is 0 Å².